The van der Waals surface area contributed by atoms with Gasteiger partial charge in [0.15, 0.2) is 0 Å². The molecule has 1 aliphatic rings. The van der Waals surface area contributed by atoms with Crippen LogP contribution >= 0.6 is 0 Å². The maximum atomic E-state index is 2.42. The molecule has 0 saturated heterocycles. The maximum Gasteiger partial charge on any atom is -0.0354 e. The quantitative estimate of drug-likeness (QED) is 0.540. The van der Waals surface area contributed by atoms with Gasteiger partial charge in [-0.3, -0.25) is 0 Å². The summed E-state index contributed by atoms with van der Waals surface area (Å²) >= 11 is 0. The average Bonchev–Trinajstić information content (AvgIpc) is 1.83. The van der Waals surface area contributed by atoms with Crippen molar-refractivity contribution in [2.45, 2.75) is 47.5 Å². The van der Waals surface area contributed by atoms with Gasteiger partial charge in [0.25, 0.3) is 0 Å². The standard InChI is InChI=1S/C11H22/c1-8-6-7-10(8)9(2)11(3,4)5/h8-10H,6-7H2,1-5H3. The third kappa shape index (κ3) is 1.77. The molecule has 0 nitrogen and oxygen atoms in total. The van der Waals surface area contributed by atoms with E-state index < -0.39 is 0 Å². The van der Waals surface area contributed by atoms with Crippen molar-refractivity contribution in [3.8, 4) is 0 Å². The Morgan fingerprint density at radius 1 is 1.18 bits per heavy atom. The lowest BCUT2D eigenvalue weighted by Gasteiger charge is -2.44. The first-order valence-corrected chi connectivity index (χ1v) is 4.93. The summed E-state index contributed by atoms with van der Waals surface area (Å²) in [5.41, 5.74) is 0.513. The molecule has 3 atom stereocenters. The van der Waals surface area contributed by atoms with Crippen LogP contribution in [0.1, 0.15) is 47.5 Å². The molecule has 0 bridgehead atoms. The van der Waals surface area contributed by atoms with E-state index in [1.165, 1.54) is 12.8 Å². The Bertz CT molecular complexity index is 129. The minimum atomic E-state index is 0.513. The van der Waals surface area contributed by atoms with E-state index in [0.717, 1.165) is 17.8 Å². The third-order valence-electron chi connectivity index (χ3n) is 3.69. The highest BCUT2D eigenvalue weighted by molar-refractivity contribution is 4.86. The molecule has 1 saturated carbocycles. The lowest BCUT2D eigenvalue weighted by Crippen LogP contribution is -2.35. The lowest BCUT2D eigenvalue weighted by molar-refractivity contribution is 0.0578. The van der Waals surface area contributed by atoms with E-state index >= 15 is 0 Å². The zero-order valence-corrected chi connectivity index (χ0v) is 8.65. The summed E-state index contributed by atoms with van der Waals surface area (Å²) in [6.07, 6.45) is 2.94. The molecule has 1 aliphatic carbocycles. The first-order valence-electron chi connectivity index (χ1n) is 4.93. The van der Waals surface area contributed by atoms with Crippen LogP contribution in [0.15, 0.2) is 0 Å². The molecule has 11 heavy (non-hydrogen) atoms. The SMILES string of the molecule is CC1CCC1C(C)C(C)(C)C. The third-order valence-corrected chi connectivity index (χ3v) is 3.69. The minimum absolute atomic E-state index is 0.513. The number of rotatable bonds is 1. The molecule has 1 rings (SSSR count). The van der Waals surface area contributed by atoms with Crippen molar-refractivity contribution in [1.82, 2.24) is 0 Å². The predicted molar refractivity (Wildman–Crippen MR) is 50.5 cm³/mol. The van der Waals surface area contributed by atoms with E-state index in [2.05, 4.69) is 34.6 Å². The van der Waals surface area contributed by atoms with E-state index in [0.29, 0.717) is 5.41 Å². The van der Waals surface area contributed by atoms with Crippen molar-refractivity contribution in [2.75, 3.05) is 0 Å². The molecule has 0 heterocycles. The Hall–Kier alpha value is 0. The monoisotopic (exact) mass is 154 g/mol. The van der Waals surface area contributed by atoms with Crippen LogP contribution < -0.4 is 0 Å². The van der Waals surface area contributed by atoms with Crippen molar-refractivity contribution in [2.24, 2.45) is 23.2 Å². The van der Waals surface area contributed by atoms with Crippen LogP contribution in [0, 0.1) is 23.2 Å². The molecule has 0 spiro atoms. The zero-order chi connectivity index (χ0) is 8.65. The van der Waals surface area contributed by atoms with E-state index in [1.54, 1.807) is 0 Å². The molecule has 0 aromatic heterocycles. The Kier molecular flexibility index (Phi) is 2.32. The first kappa shape index (κ1) is 9.09. The van der Waals surface area contributed by atoms with Gasteiger partial charge < -0.3 is 0 Å². The molecule has 0 aliphatic heterocycles. The smallest absolute Gasteiger partial charge is 0.0354 e. The summed E-state index contributed by atoms with van der Waals surface area (Å²) in [4.78, 5) is 0. The highest BCUT2D eigenvalue weighted by Crippen LogP contribution is 2.45. The summed E-state index contributed by atoms with van der Waals surface area (Å²) in [6, 6.07) is 0. The molecule has 0 amide bonds. The minimum Gasteiger partial charge on any atom is -0.0622 e. The normalized spacial score (nSPS) is 34.6. The summed E-state index contributed by atoms with van der Waals surface area (Å²) in [5, 5.41) is 0. The second-order valence-electron chi connectivity index (χ2n) is 5.37. The summed E-state index contributed by atoms with van der Waals surface area (Å²) < 4.78 is 0. The molecule has 3 unspecified atom stereocenters. The van der Waals surface area contributed by atoms with Crippen LogP contribution in [-0.4, -0.2) is 0 Å². The predicted octanol–water partition coefficient (Wildman–Crippen LogP) is 3.71. The fourth-order valence-corrected chi connectivity index (χ4v) is 2.08. The van der Waals surface area contributed by atoms with Crippen LogP contribution in [0.3, 0.4) is 0 Å². The van der Waals surface area contributed by atoms with Gasteiger partial charge in [0.2, 0.25) is 0 Å². The van der Waals surface area contributed by atoms with Gasteiger partial charge in [-0.2, -0.15) is 0 Å². The molecule has 66 valence electrons. The van der Waals surface area contributed by atoms with Gasteiger partial charge in [0, 0.05) is 0 Å². The zero-order valence-electron chi connectivity index (χ0n) is 8.65. The van der Waals surface area contributed by atoms with Crippen LogP contribution in [0.25, 0.3) is 0 Å². The molecular weight excluding hydrogens is 132 g/mol. The maximum absolute atomic E-state index is 2.42. The van der Waals surface area contributed by atoms with Crippen molar-refractivity contribution in [3.05, 3.63) is 0 Å². The van der Waals surface area contributed by atoms with E-state index in [4.69, 9.17) is 0 Å². The van der Waals surface area contributed by atoms with Gasteiger partial charge in [-0.1, -0.05) is 41.0 Å². The first-order chi connectivity index (χ1) is 4.93. The summed E-state index contributed by atoms with van der Waals surface area (Å²) in [7, 11) is 0. The second-order valence-corrected chi connectivity index (χ2v) is 5.37. The number of hydrogen-bond donors (Lipinski definition) is 0. The topological polar surface area (TPSA) is 0 Å². The van der Waals surface area contributed by atoms with E-state index in [1.807, 2.05) is 0 Å². The van der Waals surface area contributed by atoms with Crippen LogP contribution in [-0.2, 0) is 0 Å². The fraction of sp³-hybridized carbons (Fsp3) is 1.00. The van der Waals surface area contributed by atoms with Gasteiger partial charge in [-0.15, -0.1) is 0 Å². The van der Waals surface area contributed by atoms with Gasteiger partial charge in [-0.05, 0) is 29.6 Å². The molecule has 0 N–H and O–H groups in total. The molecular formula is C11H22. The van der Waals surface area contributed by atoms with Gasteiger partial charge in [-0.25, -0.2) is 0 Å². The Morgan fingerprint density at radius 3 is 1.82 bits per heavy atom. The van der Waals surface area contributed by atoms with Gasteiger partial charge in [0.1, 0.15) is 0 Å². The lowest BCUT2D eigenvalue weighted by atomic mass is 9.61. The highest BCUT2D eigenvalue weighted by Gasteiger charge is 2.36. The molecule has 0 heteroatoms. The summed E-state index contributed by atoms with van der Waals surface area (Å²) in [5.74, 6) is 2.89. The van der Waals surface area contributed by atoms with Crippen molar-refractivity contribution in [3.63, 3.8) is 0 Å². The fourth-order valence-electron chi connectivity index (χ4n) is 2.08. The summed E-state index contributed by atoms with van der Waals surface area (Å²) in [6.45, 7) is 11.9. The molecule has 0 radical (unpaired) electrons. The second kappa shape index (κ2) is 2.80. The van der Waals surface area contributed by atoms with Crippen molar-refractivity contribution >= 4 is 0 Å². The Balaban J connectivity index is 2.47. The highest BCUT2D eigenvalue weighted by atomic mass is 14.4. The van der Waals surface area contributed by atoms with E-state index in [-0.39, 0.29) is 0 Å². The van der Waals surface area contributed by atoms with Crippen LogP contribution in [0.5, 0.6) is 0 Å². The van der Waals surface area contributed by atoms with Gasteiger partial charge in [0.05, 0.1) is 0 Å². The largest absolute Gasteiger partial charge is 0.0622 e. The number of hydrogen-bond acceptors (Lipinski definition) is 0. The molecule has 0 aromatic carbocycles. The van der Waals surface area contributed by atoms with Crippen LogP contribution in [0.4, 0.5) is 0 Å². The van der Waals surface area contributed by atoms with Gasteiger partial charge >= 0.3 is 0 Å². The molecule has 1 fully saturated rings. The Labute approximate surface area is 71.4 Å². The average molecular weight is 154 g/mol. The van der Waals surface area contributed by atoms with Crippen molar-refractivity contribution in [1.29, 1.82) is 0 Å². The Morgan fingerprint density at radius 2 is 1.73 bits per heavy atom. The van der Waals surface area contributed by atoms with Crippen molar-refractivity contribution < 1.29 is 0 Å². The molecule has 0 aromatic rings. The van der Waals surface area contributed by atoms with E-state index in [9.17, 15) is 0 Å². The van der Waals surface area contributed by atoms with Crippen LogP contribution in [0.2, 0.25) is 0 Å².